The summed E-state index contributed by atoms with van der Waals surface area (Å²) in [7, 11) is 0. The van der Waals surface area contributed by atoms with Gasteiger partial charge >= 0.3 is 0 Å². The van der Waals surface area contributed by atoms with Crippen molar-refractivity contribution in [1.29, 1.82) is 0 Å². The van der Waals surface area contributed by atoms with Gasteiger partial charge in [-0.05, 0) is 30.5 Å². The molecule has 0 atom stereocenters. The monoisotopic (exact) mass is 355 g/mol. The van der Waals surface area contributed by atoms with Gasteiger partial charge in [-0.3, -0.25) is 9.59 Å². The first-order chi connectivity index (χ1) is 12.7. The van der Waals surface area contributed by atoms with Gasteiger partial charge in [-0.2, -0.15) is 15.4 Å². The van der Waals surface area contributed by atoms with Crippen LogP contribution in [0.5, 0.6) is 0 Å². The molecule has 1 saturated carbocycles. The second-order valence-electron chi connectivity index (χ2n) is 7.39. The van der Waals surface area contributed by atoms with Crippen LogP contribution in [0, 0.1) is 5.92 Å². The van der Waals surface area contributed by atoms with Crippen LogP contribution < -0.4 is 0 Å². The summed E-state index contributed by atoms with van der Waals surface area (Å²) in [5, 5.41) is 10.6. The quantitative estimate of drug-likeness (QED) is 0.912. The predicted molar refractivity (Wildman–Crippen MR) is 97.6 cm³/mol. The highest BCUT2D eigenvalue weighted by molar-refractivity contribution is 5.97. The van der Waals surface area contributed by atoms with Crippen molar-refractivity contribution in [3.8, 4) is 0 Å². The van der Waals surface area contributed by atoms with Gasteiger partial charge in [0.1, 0.15) is 11.0 Å². The first-order valence-corrected chi connectivity index (χ1v) is 9.58. The zero-order valence-corrected chi connectivity index (χ0v) is 15.0. The number of hydrogen-bond donors (Lipinski definition) is 1. The molecule has 7 heteroatoms. The van der Waals surface area contributed by atoms with Gasteiger partial charge in [-0.1, -0.05) is 25.7 Å². The SMILES string of the molecule is O=C(CCC1CCCC1)N1CCN(C(=O)c2ccc3n[nH]nc3c2)CC1. The molecular formula is C19H25N5O2. The summed E-state index contributed by atoms with van der Waals surface area (Å²) in [5.74, 6) is 0.981. The molecule has 2 aliphatic rings. The molecule has 2 heterocycles. The number of nitrogens with zero attached hydrogens (tertiary/aromatic N) is 4. The van der Waals surface area contributed by atoms with Gasteiger partial charge in [0.2, 0.25) is 5.91 Å². The van der Waals surface area contributed by atoms with Crippen LogP contribution in [0.25, 0.3) is 11.0 Å². The number of piperazine rings is 1. The van der Waals surface area contributed by atoms with Crippen molar-refractivity contribution >= 4 is 22.8 Å². The van der Waals surface area contributed by atoms with Crippen LogP contribution in [0.3, 0.4) is 0 Å². The van der Waals surface area contributed by atoms with Crippen molar-refractivity contribution < 1.29 is 9.59 Å². The number of fused-ring (bicyclic) bond motifs is 1. The van der Waals surface area contributed by atoms with Crippen molar-refractivity contribution in [3.63, 3.8) is 0 Å². The minimum atomic E-state index is -0.00652. The second kappa shape index (κ2) is 7.43. The second-order valence-corrected chi connectivity index (χ2v) is 7.39. The summed E-state index contributed by atoms with van der Waals surface area (Å²) in [6, 6.07) is 5.35. The van der Waals surface area contributed by atoms with E-state index in [1.807, 2.05) is 9.80 Å². The Balaban J connectivity index is 1.29. The van der Waals surface area contributed by atoms with Crippen LogP contribution in [0.1, 0.15) is 48.9 Å². The van der Waals surface area contributed by atoms with Crippen LogP contribution in [0.15, 0.2) is 18.2 Å². The largest absolute Gasteiger partial charge is 0.339 e. The van der Waals surface area contributed by atoms with Gasteiger partial charge in [-0.15, -0.1) is 0 Å². The number of aromatic amines is 1. The summed E-state index contributed by atoms with van der Waals surface area (Å²) in [6.45, 7) is 2.43. The smallest absolute Gasteiger partial charge is 0.254 e. The van der Waals surface area contributed by atoms with Crippen molar-refractivity contribution in [3.05, 3.63) is 23.8 Å². The topological polar surface area (TPSA) is 82.2 Å². The van der Waals surface area contributed by atoms with Gasteiger partial charge in [0, 0.05) is 38.2 Å². The molecule has 2 fully saturated rings. The Morgan fingerprint density at radius 2 is 1.69 bits per heavy atom. The number of carbonyl (C=O) groups is 2. The lowest BCUT2D eigenvalue weighted by atomic mass is 10.0. The Morgan fingerprint density at radius 3 is 2.46 bits per heavy atom. The number of rotatable bonds is 4. The fraction of sp³-hybridized carbons (Fsp3) is 0.579. The zero-order valence-electron chi connectivity index (χ0n) is 15.0. The van der Waals surface area contributed by atoms with Crippen molar-refractivity contribution in [1.82, 2.24) is 25.2 Å². The maximum Gasteiger partial charge on any atom is 0.254 e. The van der Waals surface area contributed by atoms with E-state index in [1.165, 1.54) is 25.7 Å². The van der Waals surface area contributed by atoms with Crippen molar-refractivity contribution in [2.45, 2.75) is 38.5 Å². The third kappa shape index (κ3) is 3.57. The minimum Gasteiger partial charge on any atom is -0.339 e. The lowest BCUT2D eigenvalue weighted by Gasteiger charge is -2.35. The van der Waals surface area contributed by atoms with E-state index < -0.39 is 0 Å². The summed E-state index contributed by atoms with van der Waals surface area (Å²) in [5.41, 5.74) is 2.06. The molecule has 1 aliphatic heterocycles. The van der Waals surface area contributed by atoms with Gasteiger partial charge in [0.15, 0.2) is 0 Å². The molecule has 1 aliphatic carbocycles. The fourth-order valence-electron chi connectivity index (χ4n) is 4.10. The van der Waals surface area contributed by atoms with E-state index in [1.54, 1.807) is 18.2 Å². The molecule has 26 heavy (non-hydrogen) atoms. The molecule has 1 aromatic heterocycles. The van der Waals surface area contributed by atoms with Gasteiger partial charge < -0.3 is 9.80 Å². The number of carbonyl (C=O) groups excluding carboxylic acids is 2. The Bertz CT molecular complexity index is 788. The van der Waals surface area contributed by atoms with E-state index in [-0.39, 0.29) is 11.8 Å². The number of benzene rings is 1. The average Bonchev–Trinajstić information content (AvgIpc) is 3.36. The predicted octanol–water partition coefficient (Wildman–Crippen LogP) is 2.21. The van der Waals surface area contributed by atoms with Crippen molar-refractivity contribution in [2.24, 2.45) is 5.92 Å². The Kier molecular flexibility index (Phi) is 4.86. The first kappa shape index (κ1) is 17.0. The highest BCUT2D eigenvalue weighted by atomic mass is 16.2. The Hall–Kier alpha value is -2.44. The number of aromatic nitrogens is 3. The molecule has 4 rings (SSSR count). The zero-order chi connectivity index (χ0) is 17.9. The summed E-state index contributed by atoms with van der Waals surface area (Å²) < 4.78 is 0. The van der Waals surface area contributed by atoms with Gasteiger partial charge in [-0.25, -0.2) is 0 Å². The number of nitrogens with one attached hydrogen (secondary N) is 1. The maximum absolute atomic E-state index is 12.7. The van der Waals surface area contributed by atoms with Gasteiger partial charge in [0.25, 0.3) is 5.91 Å². The number of H-pyrrole nitrogens is 1. The average molecular weight is 355 g/mol. The third-order valence-electron chi connectivity index (χ3n) is 5.72. The Labute approximate surface area is 152 Å². The summed E-state index contributed by atoms with van der Waals surface area (Å²) >= 11 is 0. The molecule has 1 aromatic carbocycles. The van der Waals surface area contributed by atoms with Crippen LogP contribution >= 0.6 is 0 Å². The molecule has 2 amide bonds. The molecule has 138 valence electrons. The molecule has 7 nitrogen and oxygen atoms in total. The Morgan fingerprint density at radius 1 is 1.00 bits per heavy atom. The molecule has 0 spiro atoms. The summed E-state index contributed by atoms with van der Waals surface area (Å²) in [6.07, 6.45) is 6.88. The highest BCUT2D eigenvalue weighted by Crippen LogP contribution is 2.28. The van der Waals surface area contributed by atoms with E-state index in [0.717, 1.165) is 17.9 Å². The van der Waals surface area contributed by atoms with Gasteiger partial charge in [0.05, 0.1) is 0 Å². The number of hydrogen-bond acceptors (Lipinski definition) is 4. The normalized spacial score (nSPS) is 18.6. The lowest BCUT2D eigenvalue weighted by molar-refractivity contribution is -0.133. The lowest BCUT2D eigenvalue weighted by Crippen LogP contribution is -2.50. The highest BCUT2D eigenvalue weighted by Gasteiger charge is 2.26. The number of amides is 2. The van der Waals surface area contributed by atoms with E-state index >= 15 is 0 Å². The van der Waals surface area contributed by atoms with Crippen LogP contribution in [0.2, 0.25) is 0 Å². The fourth-order valence-corrected chi connectivity index (χ4v) is 4.10. The molecule has 1 saturated heterocycles. The van der Waals surface area contributed by atoms with Crippen molar-refractivity contribution in [2.75, 3.05) is 26.2 Å². The molecule has 1 N–H and O–H groups in total. The van der Waals surface area contributed by atoms with E-state index in [2.05, 4.69) is 15.4 Å². The third-order valence-corrected chi connectivity index (χ3v) is 5.72. The van der Waals surface area contributed by atoms with Crippen LogP contribution in [0.4, 0.5) is 0 Å². The van der Waals surface area contributed by atoms with E-state index in [0.29, 0.717) is 43.7 Å². The molecule has 2 aromatic rings. The molecule has 0 unspecified atom stereocenters. The molecule has 0 radical (unpaired) electrons. The molecule has 0 bridgehead atoms. The van der Waals surface area contributed by atoms with E-state index in [4.69, 9.17) is 0 Å². The van der Waals surface area contributed by atoms with E-state index in [9.17, 15) is 9.59 Å². The first-order valence-electron chi connectivity index (χ1n) is 9.58. The van der Waals surface area contributed by atoms with Crippen LogP contribution in [-0.4, -0.2) is 63.2 Å². The molecular weight excluding hydrogens is 330 g/mol. The summed E-state index contributed by atoms with van der Waals surface area (Å²) in [4.78, 5) is 28.9. The maximum atomic E-state index is 12.7. The van der Waals surface area contributed by atoms with Crippen LogP contribution in [-0.2, 0) is 4.79 Å². The minimum absolute atomic E-state index is 0.00652. The standard InChI is InChI=1S/C19H25N5O2/c25-18(8-5-14-3-1-2-4-14)23-9-11-24(12-10-23)19(26)15-6-7-16-17(13-15)21-22-20-16/h6-7,13-14H,1-5,8-12H2,(H,20,21,22).